The van der Waals surface area contributed by atoms with Gasteiger partial charge in [-0.05, 0) is 34.2 Å². The number of benzene rings is 1. The number of rotatable bonds is 7. The summed E-state index contributed by atoms with van der Waals surface area (Å²) in [7, 11) is 0. The van der Waals surface area contributed by atoms with E-state index >= 15 is 0 Å². The van der Waals surface area contributed by atoms with Gasteiger partial charge >= 0.3 is 18.4 Å². The van der Waals surface area contributed by atoms with Crippen LogP contribution in [0.2, 0.25) is 0 Å². The molecule has 1 aliphatic heterocycles. The molecule has 3 heterocycles. The molecule has 11 heteroatoms. The average molecular weight is 418 g/mol. The fourth-order valence-electron chi connectivity index (χ4n) is 3.03. The lowest BCUT2D eigenvalue weighted by Gasteiger charge is -2.22. The van der Waals surface area contributed by atoms with E-state index in [1.54, 1.807) is 29.1 Å². The van der Waals surface area contributed by atoms with Crippen LogP contribution in [0.3, 0.4) is 0 Å². The SMILES string of the molecule is O=[N+]([O-])c1cn2c(n1)OC[C@@H](OCc1cncc(-c3ccc(OC(F)F)cc3)c1)C2. The second-order valence-corrected chi connectivity index (χ2v) is 6.52. The molecule has 2 aromatic heterocycles. The van der Waals surface area contributed by atoms with E-state index in [1.165, 1.54) is 18.3 Å². The van der Waals surface area contributed by atoms with E-state index in [2.05, 4.69) is 14.7 Å². The van der Waals surface area contributed by atoms with Crippen molar-refractivity contribution in [1.29, 1.82) is 0 Å². The van der Waals surface area contributed by atoms with Crippen LogP contribution < -0.4 is 9.47 Å². The smallest absolute Gasteiger partial charge is 0.414 e. The van der Waals surface area contributed by atoms with Crippen molar-refractivity contribution >= 4 is 5.82 Å². The summed E-state index contributed by atoms with van der Waals surface area (Å²) >= 11 is 0. The molecule has 30 heavy (non-hydrogen) atoms. The minimum atomic E-state index is -2.87. The number of ether oxygens (including phenoxy) is 3. The molecule has 0 saturated heterocycles. The summed E-state index contributed by atoms with van der Waals surface area (Å²) in [5.74, 6) is -0.190. The summed E-state index contributed by atoms with van der Waals surface area (Å²) in [5, 5.41) is 10.8. The average Bonchev–Trinajstić information content (AvgIpc) is 3.16. The number of hydrogen-bond acceptors (Lipinski definition) is 7. The van der Waals surface area contributed by atoms with Crippen LogP contribution in [0.25, 0.3) is 11.1 Å². The van der Waals surface area contributed by atoms with Gasteiger partial charge in [-0.2, -0.15) is 8.78 Å². The Balaban J connectivity index is 1.38. The molecule has 0 aliphatic carbocycles. The first-order valence-corrected chi connectivity index (χ1v) is 8.93. The van der Waals surface area contributed by atoms with Crippen LogP contribution in [0.1, 0.15) is 5.56 Å². The fraction of sp³-hybridized carbons (Fsp3) is 0.263. The zero-order valence-corrected chi connectivity index (χ0v) is 15.5. The van der Waals surface area contributed by atoms with E-state index in [0.29, 0.717) is 6.54 Å². The zero-order chi connectivity index (χ0) is 21.1. The summed E-state index contributed by atoms with van der Waals surface area (Å²) in [6.07, 6.45) is 4.33. The van der Waals surface area contributed by atoms with E-state index in [1.807, 2.05) is 6.07 Å². The zero-order valence-electron chi connectivity index (χ0n) is 15.5. The Morgan fingerprint density at radius 1 is 1.27 bits per heavy atom. The fourth-order valence-corrected chi connectivity index (χ4v) is 3.03. The number of nitro groups is 1. The molecule has 0 saturated carbocycles. The maximum Gasteiger partial charge on any atom is 0.414 e. The van der Waals surface area contributed by atoms with Crippen LogP contribution in [-0.4, -0.2) is 38.8 Å². The van der Waals surface area contributed by atoms with Gasteiger partial charge in [-0.1, -0.05) is 12.1 Å². The van der Waals surface area contributed by atoms with E-state index in [0.717, 1.165) is 16.7 Å². The van der Waals surface area contributed by atoms with E-state index in [9.17, 15) is 18.9 Å². The molecule has 1 aromatic carbocycles. The summed E-state index contributed by atoms with van der Waals surface area (Å²) in [4.78, 5) is 18.2. The molecule has 3 aromatic rings. The maximum absolute atomic E-state index is 12.3. The molecular formula is C19H16F2N4O5. The highest BCUT2D eigenvalue weighted by molar-refractivity contribution is 5.63. The molecule has 0 amide bonds. The lowest BCUT2D eigenvalue weighted by molar-refractivity contribution is -0.389. The first kappa shape index (κ1) is 19.7. The highest BCUT2D eigenvalue weighted by Gasteiger charge is 2.28. The Labute approximate surface area is 169 Å². The summed E-state index contributed by atoms with van der Waals surface area (Å²) in [6, 6.07) is 8.35. The van der Waals surface area contributed by atoms with Gasteiger partial charge in [0.05, 0.1) is 13.2 Å². The van der Waals surface area contributed by atoms with Gasteiger partial charge in [0.2, 0.25) is 0 Å². The lowest BCUT2D eigenvalue weighted by Crippen LogP contribution is -2.32. The van der Waals surface area contributed by atoms with Crippen molar-refractivity contribution in [3.05, 3.63) is 64.6 Å². The molecule has 1 aliphatic rings. The van der Waals surface area contributed by atoms with Gasteiger partial charge < -0.3 is 24.3 Å². The van der Waals surface area contributed by atoms with Gasteiger partial charge in [-0.3, -0.25) is 9.55 Å². The molecule has 4 rings (SSSR count). The molecule has 156 valence electrons. The number of alkyl halides is 2. The standard InChI is InChI=1S/C19H16F2N4O5/c20-18(21)30-15-3-1-13(2-4-15)14-5-12(6-22-7-14)10-28-16-8-24-9-17(25(26)27)23-19(24)29-11-16/h1-7,9,16,18H,8,10-11H2/t16-/m0/s1. The first-order valence-electron chi connectivity index (χ1n) is 8.93. The highest BCUT2D eigenvalue weighted by Crippen LogP contribution is 2.25. The Bertz CT molecular complexity index is 1040. The summed E-state index contributed by atoms with van der Waals surface area (Å²) < 4.78 is 41.7. The van der Waals surface area contributed by atoms with Crippen molar-refractivity contribution in [3.8, 4) is 22.9 Å². The second kappa shape index (κ2) is 8.41. The number of aromatic nitrogens is 3. The second-order valence-electron chi connectivity index (χ2n) is 6.52. The third kappa shape index (κ3) is 4.51. The number of pyridine rings is 1. The predicted molar refractivity (Wildman–Crippen MR) is 99.3 cm³/mol. The lowest BCUT2D eigenvalue weighted by atomic mass is 10.1. The van der Waals surface area contributed by atoms with Crippen molar-refractivity contribution < 1.29 is 27.9 Å². The van der Waals surface area contributed by atoms with Gasteiger partial charge in [0, 0.05) is 22.9 Å². The monoisotopic (exact) mass is 418 g/mol. The van der Waals surface area contributed by atoms with Gasteiger partial charge in [0.25, 0.3) is 0 Å². The van der Waals surface area contributed by atoms with Crippen molar-refractivity contribution in [2.45, 2.75) is 25.9 Å². The molecule has 0 N–H and O–H groups in total. The largest absolute Gasteiger partial charge is 0.443 e. The van der Waals surface area contributed by atoms with Crippen molar-refractivity contribution in [1.82, 2.24) is 14.5 Å². The minimum Gasteiger partial charge on any atom is -0.443 e. The van der Waals surface area contributed by atoms with Crippen LogP contribution in [0, 0.1) is 10.1 Å². The molecule has 0 bridgehead atoms. The van der Waals surface area contributed by atoms with Gasteiger partial charge in [0.1, 0.15) is 24.7 Å². The Kier molecular flexibility index (Phi) is 5.53. The first-order chi connectivity index (χ1) is 14.5. The molecule has 9 nitrogen and oxygen atoms in total. The molecule has 0 spiro atoms. The van der Waals surface area contributed by atoms with Crippen molar-refractivity contribution in [3.63, 3.8) is 0 Å². The van der Waals surface area contributed by atoms with Crippen LogP contribution in [-0.2, 0) is 17.9 Å². The van der Waals surface area contributed by atoms with Crippen LogP contribution >= 0.6 is 0 Å². The number of nitrogens with zero attached hydrogens (tertiary/aromatic N) is 4. The van der Waals surface area contributed by atoms with Crippen LogP contribution in [0.15, 0.2) is 48.9 Å². The normalized spacial score (nSPS) is 15.5. The Morgan fingerprint density at radius 2 is 2.07 bits per heavy atom. The molecule has 1 atom stereocenters. The molecular weight excluding hydrogens is 402 g/mol. The van der Waals surface area contributed by atoms with Crippen molar-refractivity contribution in [2.75, 3.05) is 6.61 Å². The number of fused-ring (bicyclic) bond motifs is 1. The Morgan fingerprint density at radius 3 is 2.80 bits per heavy atom. The summed E-state index contributed by atoms with van der Waals surface area (Å²) in [6.45, 7) is -2.00. The third-order valence-electron chi connectivity index (χ3n) is 4.41. The van der Waals surface area contributed by atoms with E-state index < -0.39 is 11.5 Å². The molecule has 0 fully saturated rings. The third-order valence-corrected chi connectivity index (χ3v) is 4.41. The van der Waals surface area contributed by atoms with Crippen LogP contribution in [0.5, 0.6) is 11.8 Å². The number of hydrogen-bond donors (Lipinski definition) is 0. The Hall–Kier alpha value is -3.60. The maximum atomic E-state index is 12.3. The minimum absolute atomic E-state index is 0.0811. The number of halogens is 2. The number of imidazole rings is 1. The van der Waals surface area contributed by atoms with Gasteiger partial charge in [-0.25, -0.2) is 0 Å². The van der Waals surface area contributed by atoms with Gasteiger partial charge in [0.15, 0.2) is 0 Å². The quantitative estimate of drug-likeness (QED) is 0.428. The predicted octanol–water partition coefficient (Wildman–Crippen LogP) is 3.43. The van der Waals surface area contributed by atoms with Crippen LogP contribution in [0.4, 0.5) is 14.6 Å². The van der Waals surface area contributed by atoms with E-state index in [-0.39, 0.29) is 36.9 Å². The van der Waals surface area contributed by atoms with Gasteiger partial charge in [-0.15, -0.1) is 0 Å². The van der Waals surface area contributed by atoms with E-state index in [4.69, 9.17) is 9.47 Å². The highest BCUT2D eigenvalue weighted by atomic mass is 19.3. The summed E-state index contributed by atoms with van der Waals surface area (Å²) in [5.41, 5.74) is 2.40. The molecule has 0 radical (unpaired) electrons. The van der Waals surface area contributed by atoms with Crippen molar-refractivity contribution in [2.24, 2.45) is 0 Å². The topological polar surface area (TPSA) is 102 Å². The molecule has 0 unspecified atom stereocenters.